The number of nitrogens with two attached hydrogens (primary N) is 1. The van der Waals surface area contributed by atoms with Crippen LogP contribution in [0.25, 0.3) is 11.3 Å². The SMILES string of the molecule is COc1ccc(S(N)(=O)=O)cc1C(=O)Nc1nc(-c2cccnc2)cs1. The summed E-state index contributed by atoms with van der Waals surface area (Å²) < 4.78 is 28.2. The molecule has 0 aliphatic carbocycles. The van der Waals surface area contributed by atoms with Crippen LogP contribution in [0.5, 0.6) is 5.75 Å². The van der Waals surface area contributed by atoms with Crippen LogP contribution in [-0.2, 0) is 10.0 Å². The maximum Gasteiger partial charge on any atom is 0.261 e. The van der Waals surface area contributed by atoms with Gasteiger partial charge in [-0.1, -0.05) is 0 Å². The van der Waals surface area contributed by atoms with Crippen LogP contribution >= 0.6 is 11.3 Å². The van der Waals surface area contributed by atoms with Gasteiger partial charge >= 0.3 is 0 Å². The van der Waals surface area contributed by atoms with Gasteiger partial charge in [-0.3, -0.25) is 15.1 Å². The van der Waals surface area contributed by atoms with E-state index in [2.05, 4.69) is 15.3 Å². The van der Waals surface area contributed by atoms with Crippen LogP contribution in [0.1, 0.15) is 10.4 Å². The molecule has 0 atom stereocenters. The van der Waals surface area contributed by atoms with Crippen molar-refractivity contribution in [1.29, 1.82) is 0 Å². The number of aromatic nitrogens is 2. The number of pyridine rings is 1. The Labute approximate surface area is 153 Å². The number of thiazole rings is 1. The molecule has 3 aromatic rings. The van der Waals surface area contributed by atoms with E-state index in [4.69, 9.17) is 9.88 Å². The fourth-order valence-electron chi connectivity index (χ4n) is 2.18. The number of primary sulfonamides is 1. The van der Waals surface area contributed by atoms with E-state index >= 15 is 0 Å². The standard InChI is InChI=1S/C16H14N4O4S2/c1-24-14-5-4-11(26(17,22)23)7-12(14)15(21)20-16-19-13(9-25-16)10-3-2-6-18-8-10/h2-9H,1H3,(H2,17,22,23)(H,19,20,21). The number of hydrogen-bond donors (Lipinski definition) is 2. The van der Waals surface area contributed by atoms with Crippen molar-refractivity contribution in [2.75, 3.05) is 12.4 Å². The van der Waals surface area contributed by atoms with Crippen molar-refractivity contribution in [2.45, 2.75) is 4.90 Å². The lowest BCUT2D eigenvalue weighted by atomic mass is 10.2. The molecule has 0 unspecified atom stereocenters. The summed E-state index contributed by atoms with van der Waals surface area (Å²) in [6, 6.07) is 7.45. The first-order valence-corrected chi connectivity index (χ1v) is 9.69. The molecule has 0 bridgehead atoms. The molecule has 0 aliphatic rings. The quantitative estimate of drug-likeness (QED) is 0.687. The predicted molar refractivity (Wildman–Crippen MR) is 97.7 cm³/mol. The van der Waals surface area contributed by atoms with Gasteiger partial charge in [0.2, 0.25) is 10.0 Å². The number of methoxy groups -OCH3 is 1. The largest absolute Gasteiger partial charge is 0.496 e. The van der Waals surface area contributed by atoms with Crippen LogP contribution in [0.4, 0.5) is 5.13 Å². The van der Waals surface area contributed by atoms with Gasteiger partial charge in [0.15, 0.2) is 5.13 Å². The fraction of sp³-hybridized carbons (Fsp3) is 0.0625. The topological polar surface area (TPSA) is 124 Å². The van der Waals surface area contributed by atoms with Crippen molar-refractivity contribution in [3.05, 3.63) is 53.7 Å². The molecule has 0 saturated carbocycles. The predicted octanol–water partition coefficient (Wildman–Crippen LogP) is 2.11. The summed E-state index contributed by atoms with van der Waals surface area (Å²) >= 11 is 1.24. The zero-order valence-electron chi connectivity index (χ0n) is 13.5. The zero-order chi connectivity index (χ0) is 18.7. The summed E-state index contributed by atoms with van der Waals surface area (Å²) in [6.45, 7) is 0. The van der Waals surface area contributed by atoms with E-state index in [1.165, 1.54) is 36.6 Å². The lowest BCUT2D eigenvalue weighted by Crippen LogP contribution is -2.16. The molecule has 26 heavy (non-hydrogen) atoms. The Morgan fingerprint density at radius 2 is 2.12 bits per heavy atom. The summed E-state index contributed by atoms with van der Waals surface area (Å²) in [5.74, 6) is -0.335. The van der Waals surface area contributed by atoms with Gasteiger partial charge < -0.3 is 4.74 Å². The van der Waals surface area contributed by atoms with Gasteiger partial charge in [0.05, 0.1) is 23.3 Å². The first-order chi connectivity index (χ1) is 12.4. The van der Waals surface area contributed by atoms with Crippen LogP contribution in [0.15, 0.2) is 53.0 Å². The third-order valence-electron chi connectivity index (χ3n) is 3.43. The van der Waals surface area contributed by atoms with E-state index in [1.54, 1.807) is 23.8 Å². The van der Waals surface area contributed by atoms with E-state index in [9.17, 15) is 13.2 Å². The minimum Gasteiger partial charge on any atom is -0.496 e. The molecule has 8 nitrogen and oxygen atoms in total. The molecule has 1 aromatic carbocycles. The average molecular weight is 390 g/mol. The van der Waals surface area contributed by atoms with Crippen molar-refractivity contribution in [3.8, 4) is 17.0 Å². The minimum atomic E-state index is -3.94. The number of rotatable bonds is 5. The molecular formula is C16H14N4O4S2. The van der Waals surface area contributed by atoms with Crippen LogP contribution in [0.3, 0.4) is 0 Å². The molecule has 3 rings (SSSR count). The number of carbonyl (C=O) groups is 1. The highest BCUT2D eigenvalue weighted by Crippen LogP contribution is 2.27. The van der Waals surface area contributed by atoms with Crippen LogP contribution in [0.2, 0.25) is 0 Å². The highest BCUT2D eigenvalue weighted by atomic mass is 32.2. The summed E-state index contributed by atoms with van der Waals surface area (Å²) in [6.07, 6.45) is 3.32. The lowest BCUT2D eigenvalue weighted by Gasteiger charge is -2.09. The van der Waals surface area contributed by atoms with Crippen molar-refractivity contribution in [1.82, 2.24) is 9.97 Å². The molecule has 2 aromatic heterocycles. The number of amides is 1. The highest BCUT2D eigenvalue weighted by Gasteiger charge is 2.18. The Kier molecular flexibility index (Phi) is 4.98. The Morgan fingerprint density at radius 1 is 1.31 bits per heavy atom. The van der Waals surface area contributed by atoms with Gasteiger partial charge in [-0.2, -0.15) is 0 Å². The smallest absolute Gasteiger partial charge is 0.261 e. The number of hydrogen-bond acceptors (Lipinski definition) is 7. The third-order valence-corrected chi connectivity index (χ3v) is 5.09. The Hall–Kier alpha value is -2.82. The zero-order valence-corrected chi connectivity index (χ0v) is 15.2. The number of sulfonamides is 1. The van der Waals surface area contributed by atoms with Gasteiger partial charge in [0, 0.05) is 23.3 Å². The van der Waals surface area contributed by atoms with Gasteiger partial charge in [-0.05, 0) is 30.3 Å². The lowest BCUT2D eigenvalue weighted by molar-refractivity contribution is 0.102. The highest BCUT2D eigenvalue weighted by molar-refractivity contribution is 7.89. The Bertz CT molecular complexity index is 1050. The van der Waals surface area contributed by atoms with Crippen LogP contribution < -0.4 is 15.2 Å². The van der Waals surface area contributed by atoms with Gasteiger partial charge in [0.1, 0.15) is 5.75 Å². The molecular weight excluding hydrogens is 376 g/mol. The Morgan fingerprint density at radius 3 is 2.77 bits per heavy atom. The maximum absolute atomic E-state index is 12.5. The van der Waals surface area contributed by atoms with E-state index in [0.717, 1.165) is 5.56 Å². The number of ether oxygens (including phenoxy) is 1. The fourth-order valence-corrected chi connectivity index (χ4v) is 3.44. The summed E-state index contributed by atoms with van der Waals surface area (Å²) in [5, 5.41) is 9.90. The second-order valence-corrected chi connectivity index (χ2v) is 7.56. The summed E-state index contributed by atoms with van der Waals surface area (Å²) in [7, 11) is -2.56. The molecule has 3 N–H and O–H groups in total. The molecule has 0 saturated heterocycles. The number of benzene rings is 1. The van der Waals surface area contributed by atoms with Gasteiger partial charge in [-0.15, -0.1) is 11.3 Å². The summed E-state index contributed by atoms with van der Waals surface area (Å²) in [5.41, 5.74) is 1.53. The van der Waals surface area contributed by atoms with Crippen molar-refractivity contribution in [3.63, 3.8) is 0 Å². The second-order valence-electron chi connectivity index (χ2n) is 5.14. The molecule has 0 aliphatic heterocycles. The third kappa shape index (κ3) is 3.87. The monoisotopic (exact) mass is 390 g/mol. The first-order valence-electron chi connectivity index (χ1n) is 7.26. The molecule has 0 spiro atoms. The van der Waals surface area contributed by atoms with Crippen molar-refractivity contribution in [2.24, 2.45) is 5.14 Å². The average Bonchev–Trinajstić information content (AvgIpc) is 3.09. The van der Waals surface area contributed by atoms with E-state index in [0.29, 0.717) is 10.8 Å². The first kappa shape index (κ1) is 18.0. The van der Waals surface area contributed by atoms with Crippen LogP contribution in [0, 0.1) is 0 Å². The second kappa shape index (κ2) is 7.20. The normalized spacial score (nSPS) is 11.2. The molecule has 1 amide bonds. The molecule has 0 fully saturated rings. The molecule has 10 heteroatoms. The Balaban J connectivity index is 1.88. The number of nitrogens with one attached hydrogen (secondary N) is 1. The molecule has 0 radical (unpaired) electrons. The van der Waals surface area contributed by atoms with Crippen molar-refractivity contribution >= 4 is 32.4 Å². The van der Waals surface area contributed by atoms with E-state index in [-0.39, 0.29) is 16.2 Å². The van der Waals surface area contributed by atoms with Crippen molar-refractivity contribution < 1.29 is 17.9 Å². The van der Waals surface area contributed by atoms with Crippen LogP contribution in [-0.4, -0.2) is 31.4 Å². The van der Waals surface area contributed by atoms with E-state index < -0.39 is 15.9 Å². The van der Waals surface area contributed by atoms with Gasteiger partial charge in [0.25, 0.3) is 5.91 Å². The number of carbonyl (C=O) groups excluding carboxylic acids is 1. The minimum absolute atomic E-state index is 0.0390. The molecule has 2 heterocycles. The van der Waals surface area contributed by atoms with Gasteiger partial charge in [-0.25, -0.2) is 18.5 Å². The maximum atomic E-state index is 12.5. The van der Waals surface area contributed by atoms with E-state index in [1.807, 2.05) is 6.07 Å². The molecule has 134 valence electrons. The summed E-state index contributed by atoms with van der Waals surface area (Å²) in [4.78, 5) is 20.7. The number of nitrogens with zero attached hydrogens (tertiary/aromatic N) is 2. The number of anilines is 1.